The van der Waals surface area contributed by atoms with Crippen molar-refractivity contribution in [3.63, 3.8) is 0 Å². The summed E-state index contributed by atoms with van der Waals surface area (Å²) in [5, 5.41) is 2.81. The van der Waals surface area contributed by atoms with Crippen molar-refractivity contribution in [3.8, 4) is 5.75 Å². The van der Waals surface area contributed by atoms with Crippen molar-refractivity contribution >= 4 is 21.8 Å². The second-order valence-electron chi connectivity index (χ2n) is 7.59. The van der Waals surface area contributed by atoms with Gasteiger partial charge in [-0.25, -0.2) is 13.1 Å². The van der Waals surface area contributed by atoms with Gasteiger partial charge in [0.1, 0.15) is 5.75 Å². The highest BCUT2D eigenvalue weighted by molar-refractivity contribution is 7.88. The molecular weight excluding hydrogens is 418 g/mol. The Morgan fingerprint density at radius 1 is 1.03 bits per heavy atom. The van der Waals surface area contributed by atoms with Gasteiger partial charge in [0.2, 0.25) is 10.0 Å². The van der Waals surface area contributed by atoms with E-state index in [1.165, 1.54) is 4.90 Å². The van der Waals surface area contributed by atoms with Crippen LogP contribution in [0.1, 0.15) is 35.3 Å². The molecule has 31 heavy (non-hydrogen) atoms. The molecule has 2 amide bonds. The van der Waals surface area contributed by atoms with Gasteiger partial charge in [-0.1, -0.05) is 30.3 Å². The molecule has 2 aromatic carbocycles. The van der Waals surface area contributed by atoms with E-state index in [4.69, 9.17) is 4.74 Å². The Labute approximate surface area is 183 Å². The number of benzene rings is 2. The topological polar surface area (TPSA) is 105 Å². The SMILES string of the molecule is CC(C)NS(=O)(=O)Cc1ccccc1CNC(=O)c1cccc(OCC(=O)N(C)C)c1. The summed E-state index contributed by atoms with van der Waals surface area (Å²) >= 11 is 0. The standard InChI is InChI=1S/C22H29N3O5S/c1-16(2)24-31(28,29)15-19-9-6-5-8-18(19)13-23-22(27)17-10-7-11-20(12-17)30-14-21(26)25(3)4/h5-12,16,24H,13-15H2,1-4H3,(H,23,27). The van der Waals surface area contributed by atoms with Crippen molar-refractivity contribution < 1.29 is 22.7 Å². The maximum absolute atomic E-state index is 12.6. The van der Waals surface area contributed by atoms with Crippen molar-refractivity contribution in [2.45, 2.75) is 32.2 Å². The van der Waals surface area contributed by atoms with E-state index in [1.54, 1.807) is 76.5 Å². The van der Waals surface area contributed by atoms with Gasteiger partial charge in [0.15, 0.2) is 6.61 Å². The maximum atomic E-state index is 12.6. The van der Waals surface area contributed by atoms with Crippen LogP contribution in [0.3, 0.4) is 0 Å². The summed E-state index contributed by atoms with van der Waals surface area (Å²) in [6.45, 7) is 3.58. The molecule has 0 unspecified atom stereocenters. The van der Waals surface area contributed by atoms with Gasteiger partial charge < -0.3 is 15.0 Å². The number of nitrogens with one attached hydrogen (secondary N) is 2. The molecule has 168 valence electrons. The number of ether oxygens (including phenoxy) is 1. The smallest absolute Gasteiger partial charge is 0.259 e. The zero-order chi connectivity index (χ0) is 23.0. The summed E-state index contributed by atoms with van der Waals surface area (Å²) in [6.07, 6.45) is 0. The molecule has 2 rings (SSSR count). The Bertz CT molecular complexity index is 1020. The molecule has 0 atom stereocenters. The Balaban J connectivity index is 2.03. The van der Waals surface area contributed by atoms with Gasteiger partial charge in [0.05, 0.1) is 5.75 Å². The molecule has 2 N–H and O–H groups in total. The van der Waals surface area contributed by atoms with E-state index in [0.717, 1.165) is 0 Å². The summed E-state index contributed by atoms with van der Waals surface area (Å²) in [5.74, 6) is -0.273. The van der Waals surface area contributed by atoms with E-state index in [9.17, 15) is 18.0 Å². The van der Waals surface area contributed by atoms with Crippen molar-refractivity contribution in [1.29, 1.82) is 0 Å². The van der Waals surface area contributed by atoms with Crippen LogP contribution in [-0.2, 0) is 27.1 Å². The average Bonchev–Trinajstić information content (AvgIpc) is 2.70. The van der Waals surface area contributed by atoms with Crippen LogP contribution >= 0.6 is 0 Å². The molecule has 0 radical (unpaired) electrons. The third-order valence-corrected chi connectivity index (χ3v) is 5.80. The van der Waals surface area contributed by atoms with E-state index in [-0.39, 0.29) is 36.8 Å². The number of nitrogens with zero attached hydrogens (tertiary/aromatic N) is 1. The van der Waals surface area contributed by atoms with Crippen molar-refractivity contribution in [3.05, 3.63) is 65.2 Å². The molecule has 0 aromatic heterocycles. The highest BCUT2D eigenvalue weighted by Crippen LogP contribution is 2.15. The Kier molecular flexibility index (Phi) is 8.58. The first kappa shape index (κ1) is 24.4. The molecule has 0 heterocycles. The predicted molar refractivity (Wildman–Crippen MR) is 119 cm³/mol. The minimum absolute atomic E-state index is 0.121. The number of rotatable bonds is 10. The lowest BCUT2D eigenvalue weighted by Crippen LogP contribution is -2.32. The van der Waals surface area contributed by atoms with Crippen LogP contribution < -0.4 is 14.8 Å². The molecule has 0 spiro atoms. The Morgan fingerprint density at radius 2 is 1.71 bits per heavy atom. The monoisotopic (exact) mass is 447 g/mol. The lowest BCUT2D eigenvalue weighted by Gasteiger charge is -2.14. The van der Waals surface area contributed by atoms with Crippen LogP contribution in [0.5, 0.6) is 5.75 Å². The number of amides is 2. The van der Waals surface area contributed by atoms with Crippen molar-refractivity contribution in [2.24, 2.45) is 0 Å². The molecule has 0 aliphatic carbocycles. The van der Waals surface area contributed by atoms with Gasteiger partial charge in [-0.05, 0) is 43.2 Å². The largest absolute Gasteiger partial charge is 0.484 e. The lowest BCUT2D eigenvalue weighted by atomic mass is 10.1. The zero-order valence-electron chi connectivity index (χ0n) is 18.2. The van der Waals surface area contributed by atoms with Crippen molar-refractivity contribution in [2.75, 3.05) is 20.7 Å². The fourth-order valence-corrected chi connectivity index (χ4v) is 4.25. The highest BCUT2D eigenvalue weighted by atomic mass is 32.2. The molecule has 0 saturated carbocycles. The quantitative estimate of drug-likeness (QED) is 0.579. The molecule has 9 heteroatoms. The Morgan fingerprint density at radius 3 is 2.35 bits per heavy atom. The Hall–Kier alpha value is -2.91. The van der Waals surface area contributed by atoms with Crippen LogP contribution in [0.25, 0.3) is 0 Å². The van der Waals surface area contributed by atoms with E-state index < -0.39 is 10.0 Å². The summed E-state index contributed by atoms with van der Waals surface area (Å²) in [5.41, 5.74) is 1.71. The second-order valence-corrected chi connectivity index (χ2v) is 9.34. The molecule has 0 aliphatic rings. The summed E-state index contributed by atoms with van der Waals surface area (Å²) < 4.78 is 32.5. The van der Waals surface area contributed by atoms with E-state index >= 15 is 0 Å². The van der Waals surface area contributed by atoms with Crippen LogP contribution in [-0.4, -0.2) is 51.9 Å². The average molecular weight is 448 g/mol. The molecule has 0 fully saturated rings. The van der Waals surface area contributed by atoms with Gasteiger partial charge in [-0.15, -0.1) is 0 Å². The fourth-order valence-electron chi connectivity index (χ4n) is 2.76. The minimum atomic E-state index is -3.48. The van der Waals surface area contributed by atoms with E-state index in [0.29, 0.717) is 22.4 Å². The first-order chi connectivity index (χ1) is 14.6. The van der Waals surface area contributed by atoms with E-state index in [2.05, 4.69) is 10.0 Å². The lowest BCUT2D eigenvalue weighted by molar-refractivity contribution is -0.130. The highest BCUT2D eigenvalue weighted by Gasteiger charge is 2.16. The van der Waals surface area contributed by atoms with Gasteiger partial charge in [0, 0.05) is 32.2 Å². The number of likely N-dealkylation sites (N-methyl/N-ethyl adjacent to an activating group) is 1. The molecule has 8 nitrogen and oxygen atoms in total. The van der Waals surface area contributed by atoms with E-state index in [1.807, 2.05) is 0 Å². The van der Waals surface area contributed by atoms with Crippen LogP contribution in [0.2, 0.25) is 0 Å². The second kappa shape index (κ2) is 10.9. The molecular formula is C22H29N3O5S. The molecule has 0 aliphatic heterocycles. The first-order valence-electron chi connectivity index (χ1n) is 9.85. The molecule has 0 saturated heterocycles. The molecule has 2 aromatic rings. The first-order valence-corrected chi connectivity index (χ1v) is 11.5. The minimum Gasteiger partial charge on any atom is -0.484 e. The van der Waals surface area contributed by atoms with Crippen molar-refractivity contribution in [1.82, 2.24) is 14.9 Å². The summed E-state index contributed by atoms with van der Waals surface area (Å²) in [4.78, 5) is 25.7. The summed E-state index contributed by atoms with van der Waals surface area (Å²) in [7, 11) is -0.210. The predicted octanol–water partition coefficient (Wildman–Crippen LogP) is 1.91. The third-order valence-electron chi connectivity index (χ3n) is 4.28. The number of carbonyl (C=O) groups excluding carboxylic acids is 2. The van der Waals surface area contributed by atoms with Gasteiger partial charge in [-0.3, -0.25) is 9.59 Å². The van der Waals surface area contributed by atoms with Gasteiger partial charge >= 0.3 is 0 Å². The summed E-state index contributed by atoms with van der Waals surface area (Å²) in [6, 6.07) is 13.4. The van der Waals surface area contributed by atoms with Crippen LogP contribution in [0, 0.1) is 0 Å². The number of hydrogen-bond donors (Lipinski definition) is 2. The van der Waals surface area contributed by atoms with Crippen LogP contribution in [0.15, 0.2) is 48.5 Å². The third kappa shape index (κ3) is 8.03. The van der Waals surface area contributed by atoms with Crippen LogP contribution in [0.4, 0.5) is 0 Å². The maximum Gasteiger partial charge on any atom is 0.259 e. The normalized spacial score (nSPS) is 11.3. The number of sulfonamides is 1. The zero-order valence-corrected chi connectivity index (χ0v) is 19.0. The fraction of sp³-hybridized carbons (Fsp3) is 0.364. The van der Waals surface area contributed by atoms with Gasteiger partial charge in [0.25, 0.3) is 11.8 Å². The molecule has 0 bridgehead atoms. The number of hydrogen-bond acceptors (Lipinski definition) is 5. The van der Waals surface area contributed by atoms with Gasteiger partial charge in [-0.2, -0.15) is 0 Å². The number of carbonyl (C=O) groups is 2.